The highest BCUT2D eigenvalue weighted by molar-refractivity contribution is 6.17. The highest BCUT2D eigenvalue weighted by Crippen LogP contribution is 2.63. The van der Waals surface area contributed by atoms with Gasteiger partial charge in [0.05, 0.1) is 78.3 Å². The average molecular weight is 1560 g/mol. The van der Waals surface area contributed by atoms with Crippen molar-refractivity contribution in [1.82, 2.24) is 29.9 Å². The van der Waals surface area contributed by atoms with Crippen molar-refractivity contribution in [2.45, 2.75) is 48.9 Å². The Morgan fingerprint density at radius 1 is 0.311 bits per heavy atom. The molecule has 0 spiro atoms. The number of aryl methyl sites for hydroxylation is 1. The molecule has 0 saturated heterocycles. The quantitative estimate of drug-likeness (QED) is 0.120. The van der Waals surface area contributed by atoms with Gasteiger partial charge in [-0.15, -0.1) is 0 Å². The third-order valence-electron chi connectivity index (χ3n) is 27.6. The molecular weight excluding hydrogens is 1480 g/mol. The lowest BCUT2D eigenvalue weighted by atomic mass is 9.60. The fourth-order valence-electron chi connectivity index (χ4n) is 22.1. The molecule has 19 aromatic rings. The van der Waals surface area contributed by atoms with E-state index in [2.05, 4.69) is 388 Å². The van der Waals surface area contributed by atoms with E-state index in [1.165, 1.54) is 77.4 Å². The van der Waals surface area contributed by atoms with E-state index in [1.807, 2.05) is 6.07 Å². The fourth-order valence-corrected chi connectivity index (χ4v) is 22.1. The third kappa shape index (κ3) is 10.8. The van der Waals surface area contributed by atoms with Crippen LogP contribution in [0.1, 0.15) is 87.4 Å². The molecule has 0 radical (unpaired) electrons. The van der Waals surface area contributed by atoms with Crippen LogP contribution in [-0.4, -0.2) is 29.9 Å². The molecule has 0 saturated carbocycles. The molecule has 122 heavy (non-hydrogen) atoms. The minimum absolute atomic E-state index is 0.0898. The van der Waals surface area contributed by atoms with E-state index in [1.54, 1.807) is 0 Å². The van der Waals surface area contributed by atoms with Crippen molar-refractivity contribution in [2.24, 2.45) is 11.8 Å². The minimum Gasteiger partial charge on any atom is -0.247 e. The van der Waals surface area contributed by atoms with Crippen LogP contribution < -0.4 is 0 Å². The van der Waals surface area contributed by atoms with Crippen molar-refractivity contribution >= 4 is 104 Å². The standard InChI is InChI=1S/C116H78N6/c1-5-25-72(26-6-1)103-61-53-73-49-50-76-56-64-108(121-113(76)112(73)117-103)91-59-60-92(86-38-14-13-37-85(86)91)114-98-68-96-88-40-16-20-44-100(88)116(83-35-11-4-12-36-83,102(96)70-94(98)90-42-18-22-46-107(90)122-114)84-57-51-71(52-58-84)77-27-23-28-78(65-77)104-62-54-74-47-48-75-55-63-105(119-111(75)110(74)118-104)79-29-24-30-80(66-79)109-97-67-95-87-39-15-19-43-99(87)115(81-31-7-2-8-32-81,82-33-9-3-10-34-82)101(95)69-93(97)89-41-17-21-45-106(89)120-109/h1-15,18-39,42-57,59-70,84,87,99H,16-17,40-41,58H2. The summed E-state index contributed by atoms with van der Waals surface area (Å²) in [5, 5.41) is 12.4. The number of aromatic nitrogens is 6. The topological polar surface area (TPSA) is 77.3 Å². The molecule has 6 aliphatic rings. The maximum atomic E-state index is 5.72. The van der Waals surface area contributed by atoms with Crippen LogP contribution >= 0.6 is 0 Å². The highest BCUT2D eigenvalue weighted by atomic mass is 14.8. The van der Waals surface area contributed by atoms with Crippen molar-refractivity contribution in [3.05, 3.63) is 450 Å². The van der Waals surface area contributed by atoms with Gasteiger partial charge < -0.3 is 0 Å². The summed E-state index contributed by atoms with van der Waals surface area (Å²) in [6, 6.07) is 121. The van der Waals surface area contributed by atoms with E-state index >= 15 is 0 Å². The molecule has 6 nitrogen and oxygen atoms in total. The number of allylic oxidation sites excluding steroid dienone is 13. The number of fused-ring (bicyclic) bond motifs is 18. The Morgan fingerprint density at radius 3 is 1.49 bits per heavy atom. The molecule has 6 heterocycles. The lowest BCUT2D eigenvalue weighted by Gasteiger charge is -2.41. The van der Waals surface area contributed by atoms with Gasteiger partial charge in [-0.2, -0.15) is 0 Å². The zero-order valence-electron chi connectivity index (χ0n) is 67.0. The Kier molecular flexibility index (Phi) is 16.0. The summed E-state index contributed by atoms with van der Waals surface area (Å²) in [5.41, 5.74) is 32.5. The van der Waals surface area contributed by atoms with E-state index in [9.17, 15) is 0 Å². The Morgan fingerprint density at radius 2 is 0.828 bits per heavy atom. The first kappa shape index (κ1) is 70.1. The van der Waals surface area contributed by atoms with Crippen molar-refractivity contribution in [2.75, 3.05) is 0 Å². The van der Waals surface area contributed by atoms with Gasteiger partial charge >= 0.3 is 0 Å². The number of benzene rings is 13. The Labute approximate surface area is 707 Å². The molecule has 0 aliphatic heterocycles. The summed E-state index contributed by atoms with van der Waals surface area (Å²) in [6.45, 7) is 0. The molecule has 0 fully saturated rings. The Balaban J connectivity index is 0.555. The molecule has 6 heteroatoms. The minimum atomic E-state index is -0.496. The van der Waals surface area contributed by atoms with Crippen LogP contribution in [0.2, 0.25) is 0 Å². The van der Waals surface area contributed by atoms with E-state index < -0.39 is 10.8 Å². The van der Waals surface area contributed by atoms with Crippen LogP contribution in [0.4, 0.5) is 0 Å². The first-order valence-corrected chi connectivity index (χ1v) is 43.0. The Bertz CT molecular complexity index is 7890. The fraction of sp³-hybridized carbons (Fsp3) is 0.0862. The second-order valence-corrected chi connectivity index (χ2v) is 33.8. The van der Waals surface area contributed by atoms with Crippen molar-refractivity contribution in [1.29, 1.82) is 0 Å². The lowest BCUT2D eigenvalue weighted by Crippen LogP contribution is -2.36. The largest absolute Gasteiger partial charge is 0.247 e. The number of nitrogens with zero attached hydrogens (tertiary/aromatic N) is 6. The predicted octanol–water partition coefficient (Wildman–Crippen LogP) is 28.5. The molecule has 572 valence electrons. The van der Waals surface area contributed by atoms with Crippen molar-refractivity contribution in [3.8, 4) is 67.5 Å². The molecule has 4 atom stereocenters. The van der Waals surface area contributed by atoms with Crippen LogP contribution in [-0.2, 0) is 17.3 Å². The number of hydrogen-bond acceptors (Lipinski definition) is 6. The highest BCUT2D eigenvalue weighted by Gasteiger charge is 2.54. The number of rotatable bonds is 11. The van der Waals surface area contributed by atoms with Gasteiger partial charge in [0.1, 0.15) is 0 Å². The van der Waals surface area contributed by atoms with Gasteiger partial charge in [0.15, 0.2) is 0 Å². The van der Waals surface area contributed by atoms with E-state index in [-0.39, 0.29) is 17.8 Å². The van der Waals surface area contributed by atoms with Gasteiger partial charge in [-0.3, -0.25) is 0 Å². The van der Waals surface area contributed by atoms with Crippen LogP contribution in [0, 0.1) is 11.8 Å². The van der Waals surface area contributed by atoms with Gasteiger partial charge in [0, 0.05) is 82.9 Å². The normalized spacial score (nSPS) is 17.9. The van der Waals surface area contributed by atoms with Gasteiger partial charge in [-0.1, -0.05) is 322 Å². The second kappa shape index (κ2) is 27.8. The van der Waals surface area contributed by atoms with Crippen molar-refractivity contribution < 1.29 is 0 Å². The first-order valence-electron chi connectivity index (χ1n) is 43.0. The molecule has 0 amide bonds. The molecule has 0 bridgehead atoms. The molecule has 6 aromatic heterocycles. The van der Waals surface area contributed by atoms with Crippen LogP contribution in [0.5, 0.6) is 0 Å². The molecule has 6 aliphatic carbocycles. The van der Waals surface area contributed by atoms with E-state index in [4.69, 9.17) is 29.9 Å². The maximum absolute atomic E-state index is 5.72. The second-order valence-electron chi connectivity index (χ2n) is 33.8. The summed E-state index contributed by atoms with van der Waals surface area (Å²) in [7, 11) is 0. The molecule has 4 unspecified atom stereocenters. The number of para-hydroxylation sites is 1. The van der Waals surface area contributed by atoms with Crippen LogP contribution in [0.15, 0.2) is 394 Å². The van der Waals surface area contributed by atoms with E-state index in [0.717, 1.165) is 182 Å². The third-order valence-corrected chi connectivity index (χ3v) is 27.6. The monoisotopic (exact) mass is 1550 g/mol. The maximum Gasteiger partial charge on any atom is 0.0972 e. The summed E-state index contributed by atoms with van der Waals surface area (Å²) < 4.78 is 0. The summed E-state index contributed by atoms with van der Waals surface area (Å²) in [4.78, 5) is 33.3. The van der Waals surface area contributed by atoms with Crippen molar-refractivity contribution in [3.63, 3.8) is 0 Å². The summed E-state index contributed by atoms with van der Waals surface area (Å²) in [6.07, 6.45) is 31.0. The summed E-state index contributed by atoms with van der Waals surface area (Å²) >= 11 is 0. The Hall–Kier alpha value is -15.0. The smallest absolute Gasteiger partial charge is 0.0972 e. The van der Waals surface area contributed by atoms with Crippen LogP contribution in [0.25, 0.3) is 172 Å². The zero-order chi connectivity index (χ0) is 80.1. The zero-order valence-corrected chi connectivity index (χ0v) is 67.0. The molecular formula is C116H78N6. The van der Waals surface area contributed by atoms with Gasteiger partial charge in [-0.25, -0.2) is 29.9 Å². The number of pyridine rings is 6. The average Bonchev–Trinajstić information content (AvgIpc) is 1.52. The van der Waals surface area contributed by atoms with E-state index in [0.29, 0.717) is 0 Å². The predicted molar refractivity (Wildman–Crippen MR) is 505 cm³/mol. The molecule has 13 aromatic carbocycles. The molecule has 25 rings (SSSR count). The van der Waals surface area contributed by atoms with Gasteiger partial charge in [0.2, 0.25) is 0 Å². The van der Waals surface area contributed by atoms with Crippen LogP contribution in [0.3, 0.4) is 0 Å². The first-order chi connectivity index (χ1) is 60.4. The molecule has 0 N–H and O–H groups in total. The SMILES string of the molecule is C1=CC2c3cc4c(-c5cccc(-c6ccc7ccc8ccc(-c9cccc(C%10=CCC(C%11(c%12ccccc%12)C%12=C(CCC=C%12)c%12cc%13c(-c%14ccc(-c%15ccc%16ccc%17ccc(-c%18ccccc%18)nc%17c%16n%15)c%15ccccc%14%15)nc%14ccccc%14c%13cc%12%11)C=C%10)c9)nc8c7n6)c5)nc5c(c4cc3C(c3ccccc3)(c3ccccc3)C2C=C1)CCC=C5. The summed E-state index contributed by atoms with van der Waals surface area (Å²) in [5.74, 6) is 0.462. The lowest BCUT2D eigenvalue weighted by molar-refractivity contribution is 0.454. The van der Waals surface area contributed by atoms with Gasteiger partial charge in [-0.05, 0) is 199 Å². The van der Waals surface area contributed by atoms with Gasteiger partial charge in [0.25, 0.3) is 0 Å². The number of hydrogen-bond donors (Lipinski definition) is 0.